The van der Waals surface area contributed by atoms with E-state index < -0.39 is 11.6 Å². The zero-order valence-corrected chi connectivity index (χ0v) is 20.3. The number of hydrogen-bond donors (Lipinski definition) is 3. The quantitative estimate of drug-likeness (QED) is 0.351. The summed E-state index contributed by atoms with van der Waals surface area (Å²) in [5.41, 5.74) is 10.2. The fourth-order valence-electron chi connectivity index (χ4n) is 4.14. The summed E-state index contributed by atoms with van der Waals surface area (Å²) in [5.74, 6) is 0.537. The minimum atomic E-state index is -0.802. The third-order valence-corrected chi connectivity index (χ3v) is 6.34. The molecule has 2 aromatic carbocycles. The van der Waals surface area contributed by atoms with E-state index in [1.54, 1.807) is 26.1 Å². The molecule has 3 rings (SSSR count). The van der Waals surface area contributed by atoms with E-state index in [0.29, 0.717) is 35.4 Å². The summed E-state index contributed by atoms with van der Waals surface area (Å²) in [7, 11) is 1.70. The number of hydrogen-bond acceptors (Lipinski definition) is 5. The average molecular weight is 462 g/mol. The number of carbonyl (C=O) groups excluding carboxylic acids is 1. The predicted octanol–water partition coefficient (Wildman–Crippen LogP) is 4.49. The lowest BCUT2D eigenvalue weighted by molar-refractivity contribution is 0.0460. The van der Waals surface area contributed by atoms with Crippen molar-refractivity contribution in [1.82, 2.24) is 0 Å². The number of anilines is 1. The van der Waals surface area contributed by atoms with Crippen molar-refractivity contribution in [2.24, 2.45) is 5.73 Å². The van der Waals surface area contributed by atoms with Gasteiger partial charge in [-0.05, 0) is 82.3 Å². The third kappa shape index (κ3) is 4.21. The number of esters is 1. The van der Waals surface area contributed by atoms with Crippen LogP contribution >= 0.6 is 12.4 Å². The average Bonchev–Trinajstić information content (AvgIpc) is 2.75. The largest absolute Gasteiger partial charge is 0.507 e. The van der Waals surface area contributed by atoms with Gasteiger partial charge in [-0.2, -0.15) is 0 Å². The summed E-state index contributed by atoms with van der Waals surface area (Å²) in [5, 5.41) is 18.2. The molecular weight excluding hydrogens is 430 g/mol. The molecule has 1 aliphatic rings. The molecule has 4 N–H and O–H groups in total. The van der Waals surface area contributed by atoms with Crippen LogP contribution in [-0.4, -0.2) is 30.7 Å². The Morgan fingerprint density at radius 3 is 2.53 bits per heavy atom. The second-order valence-electron chi connectivity index (χ2n) is 8.26. The maximum Gasteiger partial charge on any atom is 0.338 e. The third-order valence-electron chi connectivity index (χ3n) is 6.34. The Morgan fingerprint density at radius 2 is 1.94 bits per heavy atom. The fraction of sp³-hybridized carbons (Fsp3) is 0.417. The second kappa shape index (κ2) is 9.28. The molecule has 1 unspecified atom stereocenters. The number of ether oxygens (including phenoxy) is 2. The molecular formula is C24H32ClN3O4. The van der Waals surface area contributed by atoms with Gasteiger partial charge in [0.05, 0.1) is 12.2 Å². The van der Waals surface area contributed by atoms with Crippen LogP contribution in [0.15, 0.2) is 18.2 Å². The number of nitrogens with one attached hydrogen (secondary N) is 1. The van der Waals surface area contributed by atoms with E-state index in [0.717, 1.165) is 28.0 Å². The molecule has 8 heteroatoms. The topological polar surface area (TPSA) is 109 Å². The molecule has 1 heterocycles. The van der Waals surface area contributed by atoms with Gasteiger partial charge >= 0.3 is 5.97 Å². The number of benzene rings is 2. The summed E-state index contributed by atoms with van der Waals surface area (Å²) in [6, 6.07) is 5.29. The highest BCUT2D eigenvalue weighted by Gasteiger charge is 2.39. The molecule has 0 saturated carbocycles. The van der Waals surface area contributed by atoms with Gasteiger partial charge < -0.3 is 25.2 Å². The van der Waals surface area contributed by atoms with Crippen molar-refractivity contribution in [3.63, 3.8) is 0 Å². The van der Waals surface area contributed by atoms with Gasteiger partial charge in [0.1, 0.15) is 17.1 Å². The van der Waals surface area contributed by atoms with Gasteiger partial charge in [0, 0.05) is 23.9 Å². The van der Waals surface area contributed by atoms with Crippen molar-refractivity contribution < 1.29 is 19.4 Å². The van der Waals surface area contributed by atoms with Crippen LogP contribution in [0.3, 0.4) is 0 Å². The van der Waals surface area contributed by atoms with Crippen LogP contribution in [0, 0.1) is 26.2 Å². The maximum absolute atomic E-state index is 12.7. The lowest BCUT2D eigenvalue weighted by Gasteiger charge is -2.39. The number of aromatic hydroxyl groups is 1. The zero-order chi connectivity index (χ0) is 23.1. The van der Waals surface area contributed by atoms with Crippen LogP contribution in [0.5, 0.6) is 11.5 Å². The van der Waals surface area contributed by atoms with Gasteiger partial charge in [-0.25, -0.2) is 4.79 Å². The number of halogens is 1. The van der Waals surface area contributed by atoms with E-state index in [9.17, 15) is 9.90 Å². The summed E-state index contributed by atoms with van der Waals surface area (Å²) in [4.78, 5) is 14.3. The molecule has 0 amide bonds. The molecule has 0 bridgehead atoms. The Bertz CT molecular complexity index is 1070. The molecule has 0 aromatic heterocycles. The number of carbonyl (C=O) groups is 1. The number of phenols is 1. The number of rotatable bonds is 4. The van der Waals surface area contributed by atoms with E-state index >= 15 is 0 Å². The van der Waals surface area contributed by atoms with Crippen LogP contribution in [0.1, 0.15) is 58.4 Å². The number of nitrogens with two attached hydrogens (primary N) is 1. The van der Waals surface area contributed by atoms with Crippen molar-refractivity contribution in [2.75, 3.05) is 18.6 Å². The Hall–Kier alpha value is -2.93. The molecule has 32 heavy (non-hydrogen) atoms. The summed E-state index contributed by atoms with van der Waals surface area (Å²) >= 11 is 0. The smallest absolute Gasteiger partial charge is 0.338 e. The van der Waals surface area contributed by atoms with Crippen LogP contribution in [0.25, 0.3) is 0 Å². The molecule has 0 saturated heterocycles. The maximum atomic E-state index is 12.7. The molecule has 2 aromatic rings. The Morgan fingerprint density at radius 1 is 1.28 bits per heavy atom. The SMILES string of the molecule is CCOC(=O)c1ccc(N(C)C(=N)N)cc1C1(C)CCc2c(C)c(O)c(C)c(C)c2O1.Cl. The molecule has 0 spiro atoms. The molecule has 0 aliphatic carbocycles. The minimum Gasteiger partial charge on any atom is -0.507 e. The summed E-state index contributed by atoms with van der Waals surface area (Å²) in [6.45, 7) is 9.71. The molecule has 1 aliphatic heterocycles. The Kier molecular flexibility index (Phi) is 7.35. The number of nitrogens with zero attached hydrogens (tertiary/aromatic N) is 1. The molecule has 174 valence electrons. The normalized spacial score (nSPS) is 16.9. The van der Waals surface area contributed by atoms with E-state index in [2.05, 4.69) is 0 Å². The van der Waals surface area contributed by atoms with Crippen LogP contribution < -0.4 is 15.4 Å². The molecule has 1 atom stereocenters. The molecule has 7 nitrogen and oxygen atoms in total. The van der Waals surface area contributed by atoms with Crippen molar-refractivity contribution in [2.45, 2.75) is 53.1 Å². The van der Waals surface area contributed by atoms with Crippen LogP contribution in [0.2, 0.25) is 0 Å². The Labute approximate surface area is 195 Å². The van der Waals surface area contributed by atoms with Crippen molar-refractivity contribution in [3.05, 3.63) is 51.6 Å². The first kappa shape index (κ1) is 25.3. The number of fused-ring (bicyclic) bond motifs is 1. The highest BCUT2D eigenvalue weighted by Crippen LogP contribution is 2.47. The van der Waals surface area contributed by atoms with Crippen LogP contribution in [-0.2, 0) is 16.8 Å². The number of phenolic OH excluding ortho intramolecular Hbond substituents is 1. The summed E-state index contributed by atoms with van der Waals surface area (Å²) < 4.78 is 11.9. The predicted molar refractivity (Wildman–Crippen MR) is 129 cm³/mol. The standard InChI is InChI=1S/C24H31N3O4.ClH/c1-7-30-22(29)18-9-8-16(27(6)23(25)26)12-19(18)24(5)11-10-17-15(4)20(28)13(2)14(3)21(17)31-24;/h8-9,12,28H,7,10-11H2,1-6H3,(H3,25,26);1H. The highest BCUT2D eigenvalue weighted by molar-refractivity contribution is 5.95. The lowest BCUT2D eigenvalue weighted by Crippen LogP contribution is -2.37. The molecule has 0 radical (unpaired) electrons. The van der Waals surface area contributed by atoms with Crippen molar-refractivity contribution in [3.8, 4) is 11.5 Å². The fourth-order valence-corrected chi connectivity index (χ4v) is 4.14. The minimum absolute atomic E-state index is 0. The molecule has 0 fully saturated rings. The zero-order valence-electron chi connectivity index (χ0n) is 19.5. The Balaban J connectivity index is 0.00000363. The first-order valence-corrected chi connectivity index (χ1v) is 10.4. The van der Waals surface area contributed by atoms with Crippen molar-refractivity contribution in [1.29, 1.82) is 5.41 Å². The van der Waals surface area contributed by atoms with E-state index in [4.69, 9.17) is 20.6 Å². The highest BCUT2D eigenvalue weighted by atomic mass is 35.5. The van der Waals surface area contributed by atoms with Gasteiger partial charge in [0.2, 0.25) is 0 Å². The monoisotopic (exact) mass is 461 g/mol. The summed E-state index contributed by atoms with van der Waals surface area (Å²) in [6.07, 6.45) is 1.31. The first-order valence-electron chi connectivity index (χ1n) is 10.4. The van der Waals surface area contributed by atoms with Gasteiger partial charge in [0.15, 0.2) is 5.96 Å². The van der Waals surface area contributed by atoms with E-state index in [1.807, 2.05) is 33.8 Å². The van der Waals surface area contributed by atoms with Gasteiger partial charge in [-0.1, -0.05) is 0 Å². The second-order valence-corrected chi connectivity index (χ2v) is 8.26. The van der Waals surface area contributed by atoms with Gasteiger partial charge in [0.25, 0.3) is 0 Å². The van der Waals surface area contributed by atoms with Crippen molar-refractivity contribution >= 4 is 30.0 Å². The number of guanidine groups is 1. The first-order chi connectivity index (χ1) is 14.5. The van der Waals surface area contributed by atoms with E-state index in [1.165, 1.54) is 4.90 Å². The van der Waals surface area contributed by atoms with Gasteiger partial charge in [-0.3, -0.25) is 5.41 Å². The van der Waals surface area contributed by atoms with Gasteiger partial charge in [-0.15, -0.1) is 12.4 Å². The van der Waals surface area contributed by atoms with Crippen LogP contribution in [0.4, 0.5) is 5.69 Å². The van der Waals surface area contributed by atoms with E-state index in [-0.39, 0.29) is 25.0 Å². The lowest BCUT2D eigenvalue weighted by atomic mass is 9.81.